The smallest absolute Gasteiger partial charge is 0.252 e. The topological polar surface area (TPSA) is 94.6 Å². The van der Waals surface area contributed by atoms with Gasteiger partial charge in [-0.25, -0.2) is 8.42 Å². The number of benzene rings is 1. The molecule has 0 radical (unpaired) electrons. The number of amides is 1. The van der Waals surface area contributed by atoms with Gasteiger partial charge >= 0.3 is 0 Å². The molecule has 1 amide bonds. The number of aromatic nitrogens is 1. The largest absolute Gasteiger partial charge is 0.493 e. The zero-order chi connectivity index (χ0) is 17.6. The molecule has 24 heavy (non-hydrogen) atoms. The summed E-state index contributed by atoms with van der Waals surface area (Å²) in [6.45, 7) is -0.00952. The van der Waals surface area contributed by atoms with Gasteiger partial charge in [-0.05, 0) is 24.3 Å². The molecule has 0 aliphatic rings. The fraction of sp³-hybridized carbons (Fsp3) is 0.250. The van der Waals surface area contributed by atoms with E-state index in [2.05, 4.69) is 10.3 Å². The molecule has 128 valence electrons. The van der Waals surface area contributed by atoms with Gasteiger partial charge in [0.1, 0.15) is 0 Å². The highest BCUT2D eigenvalue weighted by Gasteiger charge is 2.17. The van der Waals surface area contributed by atoms with Crippen molar-refractivity contribution in [3.63, 3.8) is 0 Å². The first kappa shape index (κ1) is 17.7. The van der Waals surface area contributed by atoms with Crippen molar-refractivity contribution in [3.8, 4) is 11.5 Å². The normalized spacial score (nSPS) is 10.9. The summed E-state index contributed by atoms with van der Waals surface area (Å²) in [6.07, 6.45) is 2.97. The summed E-state index contributed by atoms with van der Waals surface area (Å²) in [4.78, 5) is 15.8. The molecule has 0 unspecified atom stereocenters. The second-order valence-corrected chi connectivity index (χ2v) is 6.94. The molecule has 0 aliphatic carbocycles. The van der Waals surface area contributed by atoms with Crippen LogP contribution in [0.15, 0.2) is 47.6 Å². The highest BCUT2D eigenvalue weighted by Crippen LogP contribution is 2.29. The summed E-state index contributed by atoms with van der Waals surface area (Å²) in [5, 5.41) is 2.56. The van der Waals surface area contributed by atoms with E-state index in [1.165, 1.54) is 38.6 Å². The van der Waals surface area contributed by atoms with Crippen molar-refractivity contribution in [1.29, 1.82) is 0 Å². The van der Waals surface area contributed by atoms with E-state index in [0.29, 0.717) is 17.1 Å². The number of methoxy groups -OCH3 is 2. The molecule has 8 heteroatoms. The third-order valence-corrected chi connectivity index (χ3v) is 5.01. The predicted molar refractivity (Wildman–Crippen MR) is 88.2 cm³/mol. The number of sulfone groups is 1. The van der Waals surface area contributed by atoms with Crippen LogP contribution >= 0.6 is 0 Å². The van der Waals surface area contributed by atoms with Gasteiger partial charge in [0.15, 0.2) is 21.3 Å². The van der Waals surface area contributed by atoms with Crippen LogP contribution in [0.1, 0.15) is 10.4 Å². The summed E-state index contributed by atoms with van der Waals surface area (Å²) in [5.74, 6) is 0.180. The van der Waals surface area contributed by atoms with E-state index in [1.54, 1.807) is 18.3 Å². The van der Waals surface area contributed by atoms with E-state index >= 15 is 0 Å². The van der Waals surface area contributed by atoms with Crippen LogP contribution in [0.2, 0.25) is 0 Å². The minimum atomic E-state index is -3.56. The Morgan fingerprint density at radius 2 is 1.92 bits per heavy atom. The Balaban J connectivity index is 2.02. The van der Waals surface area contributed by atoms with Gasteiger partial charge in [-0.15, -0.1) is 0 Å². The fourth-order valence-electron chi connectivity index (χ4n) is 2.03. The minimum absolute atomic E-state index is 0.00952. The summed E-state index contributed by atoms with van der Waals surface area (Å²) in [6, 6.07) is 7.61. The van der Waals surface area contributed by atoms with Crippen molar-refractivity contribution in [2.24, 2.45) is 0 Å². The second-order valence-electron chi connectivity index (χ2n) is 4.83. The van der Waals surface area contributed by atoms with Crippen LogP contribution in [-0.4, -0.2) is 45.8 Å². The number of carbonyl (C=O) groups excluding carboxylic acids is 1. The van der Waals surface area contributed by atoms with Crippen molar-refractivity contribution < 1.29 is 22.7 Å². The maximum absolute atomic E-state index is 12.4. The third-order valence-electron chi connectivity index (χ3n) is 3.29. The lowest BCUT2D eigenvalue weighted by Gasteiger charge is -2.10. The highest BCUT2D eigenvalue weighted by atomic mass is 32.2. The third kappa shape index (κ3) is 4.23. The van der Waals surface area contributed by atoms with Gasteiger partial charge in [0.2, 0.25) is 0 Å². The molecule has 0 saturated carbocycles. The van der Waals surface area contributed by atoms with Gasteiger partial charge in [0.05, 0.1) is 30.4 Å². The van der Waals surface area contributed by atoms with Gasteiger partial charge < -0.3 is 14.8 Å². The van der Waals surface area contributed by atoms with Crippen molar-refractivity contribution in [3.05, 3.63) is 48.3 Å². The van der Waals surface area contributed by atoms with Gasteiger partial charge in [-0.3, -0.25) is 9.78 Å². The van der Waals surface area contributed by atoms with Crippen LogP contribution in [-0.2, 0) is 9.84 Å². The molecule has 1 aromatic heterocycles. The average Bonchev–Trinajstić information content (AvgIpc) is 2.61. The number of pyridine rings is 1. The van der Waals surface area contributed by atoms with E-state index in [0.717, 1.165) is 0 Å². The van der Waals surface area contributed by atoms with Gasteiger partial charge in [-0.2, -0.15) is 0 Å². The second kappa shape index (κ2) is 7.78. The van der Waals surface area contributed by atoms with Gasteiger partial charge in [0.25, 0.3) is 5.91 Å². The molecular weight excluding hydrogens is 332 g/mol. The monoisotopic (exact) mass is 350 g/mol. The Morgan fingerprint density at radius 3 is 2.54 bits per heavy atom. The van der Waals surface area contributed by atoms with Crippen molar-refractivity contribution in [2.75, 3.05) is 26.5 Å². The molecule has 1 heterocycles. The Morgan fingerprint density at radius 1 is 1.17 bits per heavy atom. The molecule has 0 bridgehead atoms. The van der Waals surface area contributed by atoms with E-state index in [-0.39, 0.29) is 23.1 Å². The summed E-state index contributed by atoms with van der Waals surface area (Å²) >= 11 is 0. The van der Waals surface area contributed by atoms with Crippen molar-refractivity contribution in [1.82, 2.24) is 10.3 Å². The first-order valence-electron chi connectivity index (χ1n) is 7.11. The zero-order valence-electron chi connectivity index (χ0n) is 13.4. The first-order valence-corrected chi connectivity index (χ1v) is 8.76. The number of nitrogens with zero attached hydrogens (tertiary/aromatic N) is 1. The maximum Gasteiger partial charge on any atom is 0.252 e. The van der Waals surface area contributed by atoms with Crippen molar-refractivity contribution >= 4 is 15.7 Å². The molecule has 2 aromatic rings. The SMILES string of the molecule is COc1ccc(S(=O)(=O)CCNC(=O)c2cccnc2)cc1OC. The first-order chi connectivity index (χ1) is 11.5. The predicted octanol–water partition coefficient (Wildman–Crippen LogP) is 1.30. The van der Waals surface area contributed by atoms with E-state index in [1.807, 2.05) is 0 Å². The van der Waals surface area contributed by atoms with Crippen LogP contribution in [0.5, 0.6) is 11.5 Å². The Labute approximate surface area is 140 Å². The minimum Gasteiger partial charge on any atom is -0.493 e. The number of hydrogen-bond acceptors (Lipinski definition) is 6. The number of hydrogen-bond donors (Lipinski definition) is 1. The number of nitrogens with one attached hydrogen (secondary N) is 1. The van der Waals surface area contributed by atoms with Crippen molar-refractivity contribution in [2.45, 2.75) is 4.90 Å². The number of rotatable bonds is 7. The molecule has 2 rings (SSSR count). The Bertz CT molecular complexity index is 806. The van der Waals surface area contributed by atoms with Crippen LogP contribution in [0.25, 0.3) is 0 Å². The lowest BCUT2D eigenvalue weighted by atomic mass is 10.3. The molecule has 0 atom stereocenters. The molecule has 1 N–H and O–H groups in total. The summed E-state index contributed by atoms with van der Waals surface area (Å²) < 4.78 is 34.9. The highest BCUT2D eigenvalue weighted by molar-refractivity contribution is 7.91. The zero-order valence-corrected chi connectivity index (χ0v) is 14.2. The van der Waals surface area contributed by atoms with E-state index in [9.17, 15) is 13.2 Å². The maximum atomic E-state index is 12.4. The average molecular weight is 350 g/mol. The lowest BCUT2D eigenvalue weighted by molar-refractivity contribution is 0.0955. The standard InChI is InChI=1S/C16H18N2O5S/c1-22-14-6-5-13(10-15(14)23-2)24(20,21)9-8-18-16(19)12-4-3-7-17-11-12/h3-7,10-11H,8-9H2,1-2H3,(H,18,19). The lowest BCUT2D eigenvalue weighted by Crippen LogP contribution is -2.29. The Hall–Kier alpha value is -2.61. The number of carbonyl (C=O) groups is 1. The molecule has 1 aromatic carbocycles. The molecular formula is C16H18N2O5S. The Kier molecular flexibility index (Phi) is 5.75. The molecule has 7 nitrogen and oxygen atoms in total. The fourth-order valence-corrected chi connectivity index (χ4v) is 3.19. The molecule has 0 fully saturated rings. The summed E-state index contributed by atoms with van der Waals surface area (Å²) in [7, 11) is -0.656. The number of ether oxygens (including phenoxy) is 2. The summed E-state index contributed by atoms with van der Waals surface area (Å²) in [5.41, 5.74) is 0.376. The van der Waals surface area contributed by atoms with Crippen LogP contribution in [0.4, 0.5) is 0 Å². The van der Waals surface area contributed by atoms with Crippen LogP contribution in [0.3, 0.4) is 0 Å². The van der Waals surface area contributed by atoms with E-state index < -0.39 is 9.84 Å². The van der Waals surface area contributed by atoms with Crippen LogP contribution in [0, 0.1) is 0 Å². The van der Waals surface area contributed by atoms with E-state index in [4.69, 9.17) is 9.47 Å². The quantitative estimate of drug-likeness (QED) is 0.809. The molecule has 0 aliphatic heterocycles. The molecule has 0 spiro atoms. The van der Waals surface area contributed by atoms with Gasteiger partial charge in [0, 0.05) is 25.0 Å². The van der Waals surface area contributed by atoms with Gasteiger partial charge in [-0.1, -0.05) is 0 Å². The van der Waals surface area contributed by atoms with Crippen LogP contribution < -0.4 is 14.8 Å². The molecule has 0 saturated heterocycles.